The Balaban J connectivity index is 1.75. The van der Waals surface area contributed by atoms with Gasteiger partial charge in [-0.2, -0.15) is 5.10 Å². The number of aromatic amines is 1. The van der Waals surface area contributed by atoms with E-state index in [4.69, 9.17) is 0 Å². The van der Waals surface area contributed by atoms with Crippen LogP contribution in [0.3, 0.4) is 0 Å². The van der Waals surface area contributed by atoms with Gasteiger partial charge in [-0.05, 0) is 38.6 Å². The second-order valence-corrected chi connectivity index (χ2v) is 10.7. The van der Waals surface area contributed by atoms with E-state index in [2.05, 4.69) is 10.2 Å². The topological polar surface area (TPSA) is 83.1 Å². The number of sulfone groups is 1. The standard InChI is InChI=1S/C23H24F3N3O3S/c1-3-18(30)22-16-8-7-15(21(26)23(16)28-27-22)19-17(24)9-6-13(20(19)25)12-33(31,32)14-5-4-10-29(2)11-14/h6-9,14H,3-5,10-12H2,1-2H3,(H,27,28). The van der Waals surface area contributed by atoms with Crippen molar-refractivity contribution in [3.05, 3.63) is 53.0 Å². The van der Waals surface area contributed by atoms with E-state index in [1.54, 1.807) is 6.92 Å². The van der Waals surface area contributed by atoms with E-state index in [9.17, 15) is 17.6 Å². The number of ketones is 1. The third-order valence-electron chi connectivity index (χ3n) is 6.15. The van der Waals surface area contributed by atoms with E-state index < -0.39 is 49.4 Å². The molecule has 0 spiro atoms. The molecule has 6 nitrogen and oxygen atoms in total. The van der Waals surface area contributed by atoms with Gasteiger partial charge in [0.25, 0.3) is 0 Å². The van der Waals surface area contributed by atoms with Crippen LogP contribution in [0, 0.1) is 17.5 Å². The molecule has 2 aromatic carbocycles. The Morgan fingerprint density at radius 1 is 1.18 bits per heavy atom. The highest BCUT2D eigenvalue weighted by Gasteiger charge is 2.31. The number of benzene rings is 2. The molecule has 1 saturated heterocycles. The maximum atomic E-state index is 15.4. The molecule has 1 atom stereocenters. The van der Waals surface area contributed by atoms with E-state index in [0.29, 0.717) is 13.0 Å². The van der Waals surface area contributed by atoms with Crippen LogP contribution in [-0.4, -0.2) is 54.7 Å². The lowest BCUT2D eigenvalue weighted by molar-refractivity contribution is 0.0985. The van der Waals surface area contributed by atoms with Crippen molar-refractivity contribution >= 4 is 26.5 Å². The Hall–Kier alpha value is -2.72. The van der Waals surface area contributed by atoms with Crippen LogP contribution in [0.2, 0.25) is 0 Å². The fourth-order valence-electron chi connectivity index (χ4n) is 4.33. The average molecular weight is 480 g/mol. The molecule has 0 amide bonds. The van der Waals surface area contributed by atoms with Gasteiger partial charge in [0.1, 0.15) is 22.8 Å². The first kappa shape index (κ1) is 23.4. The molecule has 4 rings (SSSR count). The molecule has 0 bridgehead atoms. The number of likely N-dealkylation sites (tertiary alicyclic amines) is 1. The minimum Gasteiger partial charge on any atom is -0.305 e. The van der Waals surface area contributed by atoms with E-state index >= 15 is 8.78 Å². The van der Waals surface area contributed by atoms with Crippen LogP contribution < -0.4 is 0 Å². The van der Waals surface area contributed by atoms with Crippen LogP contribution in [0.5, 0.6) is 0 Å². The number of nitrogens with one attached hydrogen (secondary N) is 1. The largest absolute Gasteiger partial charge is 0.305 e. The molecular weight excluding hydrogens is 455 g/mol. The Bertz CT molecular complexity index is 1340. The molecule has 176 valence electrons. The Morgan fingerprint density at radius 3 is 2.64 bits per heavy atom. The summed E-state index contributed by atoms with van der Waals surface area (Å²) < 4.78 is 71.2. The monoisotopic (exact) mass is 479 g/mol. The number of hydrogen-bond acceptors (Lipinski definition) is 5. The molecule has 0 radical (unpaired) electrons. The fraction of sp³-hybridized carbons (Fsp3) is 0.391. The number of piperidine rings is 1. The summed E-state index contributed by atoms with van der Waals surface area (Å²) in [6.45, 7) is 2.79. The zero-order valence-electron chi connectivity index (χ0n) is 18.3. The molecular formula is C23H24F3N3O3S. The number of carbonyl (C=O) groups is 1. The van der Waals surface area contributed by atoms with Crippen molar-refractivity contribution in [3.63, 3.8) is 0 Å². The first-order valence-electron chi connectivity index (χ1n) is 10.7. The first-order valence-corrected chi connectivity index (χ1v) is 12.4. The highest BCUT2D eigenvalue weighted by Crippen LogP contribution is 2.35. The summed E-state index contributed by atoms with van der Waals surface area (Å²) in [6, 6.07) is 4.58. The third-order valence-corrected chi connectivity index (χ3v) is 8.27. The Kier molecular flexibility index (Phi) is 6.32. The number of Topliss-reactive ketones (excluding diaryl/α,β-unsaturated/α-hetero) is 1. The third kappa shape index (κ3) is 4.29. The summed E-state index contributed by atoms with van der Waals surface area (Å²) in [5.74, 6) is -4.02. The number of H-pyrrole nitrogens is 1. The molecule has 1 aliphatic rings. The van der Waals surface area contributed by atoms with Gasteiger partial charge in [-0.25, -0.2) is 21.6 Å². The van der Waals surface area contributed by atoms with Gasteiger partial charge in [0.05, 0.1) is 16.6 Å². The summed E-state index contributed by atoms with van der Waals surface area (Å²) in [6.07, 6.45) is 1.37. The van der Waals surface area contributed by atoms with Crippen molar-refractivity contribution in [2.75, 3.05) is 20.1 Å². The van der Waals surface area contributed by atoms with Crippen LogP contribution in [0.1, 0.15) is 42.2 Å². The molecule has 1 fully saturated rings. The molecule has 33 heavy (non-hydrogen) atoms. The van der Waals surface area contributed by atoms with Crippen molar-refractivity contribution in [1.29, 1.82) is 0 Å². The van der Waals surface area contributed by atoms with Crippen LogP contribution in [-0.2, 0) is 15.6 Å². The molecule has 0 saturated carbocycles. The molecule has 10 heteroatoms. The molecule has 2 heterocycles. The van der Waals surface area contributed by atoms with Gasteiger partial charge < -0.3 is 4.90 Å². The summed E-state index contributed by atoms with van der Waals surface area (Å²) in [7, 11) is -1.89. The summed E-state index contributed by atoms with van der Waals surface area (Å²) in [4.78, 5) is 13.9. The number of aromatic nitrogens is 2. The lowest BCUT2D eigenvalue weighted by Crippen LogP contribution is -2.40. The minimum absolute atomic E-state index is 0.121. The molecule has 1 unspecified atom stereocenters. The number of nitrogens with zero attached hydrogens (tertiary/aromatic N) is 2. The SMILES string of the molecule is CCC(=O)c1[nH]nc2c(F)c(-c3c(F)ccc(CS(=O)(=O)C4CCCN(C)C4)c3F)ccc12. The summed E-state index contributed by atoms with van der Waals surface area (Å²) in [5.41, 5.74) is -1.36. The highest BCUT2D eigenvalue weighted by atomic mass is 32.2. The maximum absolute atomic E-state index is 15.4. The van der Waals surface area contributed by atoms with Gasteiger partial charge in [0, 0.05) is 29.5 Å². The second kappa shape index (κ2) is 8.90. The lowest BCUT2D eigenvalue weighted by atomic mass is 9.99. The van der Waals surface area contributed by atoms with Crippen molar-refractivity contribution < 1.29 is 26.4 Å². The predicted molar refractivity (Wildman–Crippen MR) is 119 cm³/mol. The lowest BCUT2D eigenvalue weighted by Gasteiger charge is -2.29. The van der Waals surface area contributed by atoms with E-state index in [0.717, 1.165) is 25.1 Å². The average Bonchev–Trinajstić information content (AvgIpc) is 3.22. The zero-order chi connectivity index (χ0) is 23.9. The minimum atomic E-state index is -3.71. The van der Waals surface area contributed by atoms with Crippen molar-refractivity contribution in [2.45, 2.75) is 37.2 Å². The molecule has 3 aromatic rings. The molecule has 1 aromatic heterocycles. The number of hydrogen-bond donors (Lipinski definition) is 1. The summed E-state index contributed by atoms with van der Waals surface area (Å²) in [5, 5.41) is 5.87. The first-order chi connectivity index (χ1) is 15.6. The van der Waals surface area contributed by atoms with E-state index in [-0.39, 0.29) is 34.4 Å². The number of carbonyl (C=O) groups excluding carboxylic acids is 1. The van der Waals surface area contributed by atoms with Crippen molar-refractivity contribution in [3.8, 4) is 11.1 Å². The van der Waals surface area contributed by atoms with Gasteiger partial charge >= 0.3 is 0 Å². The quantitative estimate of drug-likeness (QED) is 0.535. The van der Waals surface area contributed by atoms with Crippen LogP contribution >= 0.6 is 0 Å². The maximum Gasteiger partial charge on any atom is 0.180 e. The number of rotatable bonds is 6. The van der Waals surface area contributed by atoms with E-state index in [1.165, 1.54) is 12.1 Å². The highest BCUT2D eigenvalue weighted by molar-refractivity contribution is 7.91. The predicted octanol–water partition coefficient (Wildman–Crippen LogP) is 4.25. The smallest absolute Gasteiger partial charge is 0.180 e. The van der Waals surface area contributed by atoms with Crippen molar-refractivity contribution in [1.82, 2.24) is 15.1 Å². The fourth-order valence-corrected chi connectivity index (χ4v) is 6.23. The Labute approximate surface area is 189 Å². The molecule has 1 aliphatic heterocycles. The zero-order valence-corrected chi connectivity index (χ0v) is 19.1. The van der Waals surface area contributed by atoms with Crippen LogP contribution in [0.25, 0.3) is 22.0 Å². The molecule has 1 N–H and O–H groups in total. The van der Waals surface area contributed by atoms with Gasteiger partial charge in [-0.15, -0.1) is 0 Å². The van der Waals surface area contributed by atoms with Gasteiger partial charge in [-0.1, -0.05) is 19.1 Å². The Morgan fingerprint density at radius 2 is 1.94 bits per heavy atom. The van der Waals surface area contributed by atoms with Crippen LogP contribution in [0.15, 0.2) is 24.3 Å². The summed E-state index contributed by atoms with van der Waals surface area (Å²) >= 11 is 0. The van der Waals surface area contributed by atoms with Crippen LogP contribution in [0.4, 0.5) is 13.2 Å². The number of halogens is 3. The molecule has 0 aliphatic carbocycles. The number of fused-ring (bicyclic) bond motifs is 1. The normalized spacial score (nSPS) is 17.5. The van der Waals surface area contributed by atoms with E-state index in [1.807, 2.05) is 11.9 Å². The van der Waals surface area contributed by atoms with Gasteiger partial charge in [0.15, 0.2) is 21.4 Å². The van der Waals surface area contributed by atoms with Gasteiger partial charge in [0.2, 0.25) is 0 Å². The second-order valence-electron chi connectivity index (χ2n) is 8.43. The van der Waals surface area contributed by atoms with Crippen molar-refractivity contribution in [2.24, 2.45) is 0 Å². The van der Waals surface area contributed by atoms with Gasteiger partial charge in [-0.3, -0.25) is 9.89 Å².